The monoisotopic (exact) mass is 245 g/mol. The molecule has 1 aromatic heterocycles. The first kappa shape index (κ1) is 12.6. The molecule has 2 aromatic rings. The second-order valence-corrected chi connectivity index (χ2v) is 4.22. The Balaban J connectivity index is 1.99. The van der Waals surface area contributed by atoms with Crippen LogP contribution in [-0.2, 0) is 13.1 Å². The summed E-state index contributed by atoms with van der Waals surface area (Å²) >= 11 is 0. The Bertz CT molecular complexity index is 476. The number of nitrogens with zero attached hydrogens (tertiary/aromatic N) is 2. The highest BCUT2D eigenvalue weighted by Crippen LogP contribution is 2.21. The molecule has 0 radical (unpaired) electrons. The molecular formula is C14H19N3O. The minimum absolute atomic E-state index is 0.782. The lowest BCUT2D eigenvalue weighted by molar-refractivity contribution is 0.480. The van der Waals surface area contributed by atoms with Gasteiger partial charge in [0, 0.05) is 13.1 Å². The van der Waals surface area contributed by atoms with Crippen molar-refractivity contribution in [2.75, 3.05) is 7.05 Å². The third-order valence-electron chi connectivity index (χ3n) is 2.60. The largest absolute Gasteiger partial charge is 0.454 e. The van der Waals surface area contributed by atoms with Gasteiger partial charge in [0.2, 0.25) is 0 Å². The summed E-state index contributed by atoms with van der Waals surface area (Å²) in [5.74, 6) is 1.62. The van der Waals surface area contributed by atoms with E-state index in [9.17, 15) is 0 Å². The fourth-order valence-corrected chi connectivity index (χ4v) is 1.76. The maximum Gasteiger partial charge on any atom is 0.165 e. The van der Waals surface area contributed by atoms with Crippen LogP contribution in [0.3, 0.4) is 0 Å². The van der Waals surface area contributed by atoms with Crippen molar-refractivity contribution in [2.24, 2.45) is 0 Å². The van der Waals surface area contributed by atoms with E-state index < -0.39 is 0 Å². The van der Waals surface area contributed by atoms with Crippen LogP contribution in [0.1, 0.15) is 18.9 Å². The molecule has 0 saturated carbocycles. The van der Waals surface area contributed by atoms with Gasteiger partial charge in [-0.1, -0.05) is 19.1 Å². The number of nitrogens with one attached hydrogen (secondary N) is 1. The maximum atomic E-state index is 5.73. The summed E-state index contributed by atoms with van der Waals surface area (Å²) in [6, 6.07) is 8.07. The summed E-state index contributed by atoms with van der Waals surface area (Å²) in [5.41, 5.74) is 1.24. The summed E-state index contributed by atoms with van der Waals surface area (Å²) < 4.78 is 7.63. The number of hydrogen-bond donors (Lipinski definition) is 1. The van der Waals surface area contributed by atoms with E-state index in [1.165, 1.54) is 5.56 Å². The maximum absolute atomic E-state index is 5.73. The molecule has 0 fully saturated rings. The van der Waals surface area contributed by atoms with E-state index in [-0.39, 0.29) is 0 Å². The lowest BCUT2D eigenvalue weighted by Gasteiger charge is -2.04. The first-order valence-corrected chi connectivity index (χ1v) is 6.25. The van der Waals surface area contributed by atoms with Gasteiger partial charge in [0.25, 0.3) is 0 Å². The minimum Gasteiger partial charge on any atom is -0.454 e. The van der Waals surface area contributed by atoms with Gasteiger partial charge in [-0.15, -0.1) is 0 Å². The summed E-state index contributed by atoms with van der Waals surface area (Å²) in [7, 11) is 1.94. The molecule has 0 amide bonds. The molecule has 1 heterocycles. The van der Waals surface area contributed by atoms with Crippen LogP contribution in [0.4, 0.5) is 0 Å². The normalized spacial score (nSPS) is 10.6. The zero-order valence-electron chi connectivity index (χ0n) is 10.9. The van der Waals surface area contributed by atoms with Crippen molar-refractivity contribution in [1.29, 1.82) is 0 Å². The average molecular weight is 245 g/mol. The molecule has 0 aliphatic heterocycles. The van der Waals surface area contributed by atoms with E-state index in [1.807, 2.05) is 30.1 Å². The number of rotatable bonds is 6. The van der Waals surface area contributed by atoms with E-state index in [1.54, 1.807) is 6.20 Å². The van der Waals surface area contributed by atoms with Gasteiger partial charge in [-0.2, -0.15) is 5.10 Å². The number of ether oxygens (including phenoxy) is 1. The number of benzene rings is 1. The summed E-state index contributed by atoms with van der Waals surface area (Å²) in [6.07, 6.45) is 4.74. The molecule has 4 nitrogen and oxygen atoms in total. The molecule has 4 heteroatoms. The molecule has 2 rings (SSSR count). The smallest absolute Gasteiger partial charge is 0.165 e. The summed E-state index contributed by atoms with van der Waals surface area (Å²) in [6.45, 7) is 3.92. The molecule has 18 heavy (non-hydrogen) atoms. The van der Waals surface area contributed by atoms with E-state index in [0.29, 0.717) is 0 Å². The first-order valence-electron chi connectivity index (χ1n) is 6.25. The molecule has 0 saturated heterocycles. The van der Waals surface area contributed by atoms with Gasteiger partial charge in [0.1, 0.15) is 5.75 Å². The second-order valence-electron chi connectivity index (χ2n) is 4.22. The van der Waals surface area contributed by atoms with E-state index >= 15 is 0 Å². The third kappa shape index (κ3) is 3.34. The zero-order chi connectivity index (χ0) is 12.8. The lowest BCUT2D eigenvalue weighted by Crippen LogP contribution is -2.04. The molecule has 1 N–H and O–H groups in total. The van der Waals surface area contributed by atoms with Crippen LogP contribution in [0, 0.1) is 0 Å². The van der Waals surface area contributed by atoms with Gasteiger partial charge in [-0.25, -0.2) is 0 Å². The van der Waals surface area contributed by atoms with Crippen molar-refractivity contribution >= 4 is 0 Å². The third-order valence-corrected chi connectivity index (χ3v) is 2.60. The van der Waals surface area contributed by atoms with Crippen LogP contribution >= 0.6 is 0 Å². The number of hydrogen-bond acceptors (Lipinski definition) is 3. The molecule has 0 aliphatic rings. The fraction of sp³-hybridized carbons (Fsp3) is 0.357. The van der Waals surface area contributed by atoms with Gasteiger partial charge >= 0.3 is 0 Å². The molecule has 96 valence electrons. The predicted molar refractivity (Wildman–Crippen MR) is 71.8 cm³/mol. The molecular weight excluding hydrogens is 226 g/mol. The van der Waals surface area contributed by atoms with Gasteiger partial charge in [-0.3, -0.25) is 4.68 Å². The Morgan fingerprint density at radius 3 is 2.67 bits per heavy atom. The molecule has 0 unspecified atom stereocenters. The standard InChI is InChI=1S/C14H19N3O/c1-3-8-17-11-14(10-16-17)18-13-6-4-12(5-7-13)9-15-2/h4-7,10-11,15H,3,8-9H2,1-2H3. The van der Waals surface area contributed by atoms with Crippen LogP contribution in [0.25, 0.3) is 0 Å². The van der Waals surface area contributed by atoms with Gasteiger partial charge in [0.05, 0.1) is 12.4 Å². The average Bonchev–Trinajstić information content (AvgIpc) is 2.80. The highest BCUT2D eigenvalue weighted by atomic mass is 16.5. The summed E-state index contributed by atoms with van der Waals surface area (Å²) in [4.78, 5) is 0. The van der Waals surface area contributed by atoms with Crippen LogP contribution in [0.5, 0.6) is 11.5 Å². The van der Waals surface area contributed by atoms with Crippen molar-refractivity contribution in [2.45, 2.75) is 26.4 Å². The van der Waals surface area contributed by atoms with Gasteiger partial charge in [0.15, 0.2) is 5.75 Å². The van der Waals surface area contributed by atoms with Crippen LogP contribution in [0.2, 0.25) is 0 Å². The van der Waals surface area contributed by atoms with Crippen LogP contribution in [-0.4, -0.2) is 16.8 Å². The molecule has 0 aliphatic carbocycles. The molecule has 0 spiro atoms. The minimum atomic E-state index is 0.782. The lowest BCUT2D eigenvalue weighted by atomic mass is 10.2. The predicted octanol–water partition coefficient (Wildman–Crippen LogP) is 2.80. The Kier molecular flexibility index (Phi) is 4.36. The summed E-state index contributed by atoms with van der Waals surface area (Å²) in [5, 5.41) is 7.35. The molecule has 0 atom stereocenters. The Morgan fingerprint density at radius 2 is 2.00 bits per heavy atom. The molecule has 1 aromatic carbocycles. The van der Waals surface area contributed by atoms with Crippen molar-refractivity contribution in [1.82, 2.24) is 15.1 Å². The topological polar surface area (TPSA) is 39.1 Å². The first-order chi connectivity index (χ1) is 8.81. The van der Waals surface area contributed by atoms with Crippen LogP contribution in [0.15, 0.2) is 36.7 Å². The Morgan fingerprint density at radius 1 is 1.22 bits per heavy atom. The molecule has 0 bridgehead atoms. The van der Waals surface area contributed by atoms with E-state index in [0.717, 1.165) is 31.0 Å². The van der Waals surface area contributed by atoms with Gasteiger partial charge < -0.3 is 10.1 Å². The SMILES string of the molecule is CCCn1cc(Oc2ccc(CNC)cc2)cn1. The van der Waals surface area contributed by atoms with E-state index in [2.05, 4.69) is 29.5 Å². The van der Waals surface area contributed by atoms with Crippen molar-refractivity contribution in [3.05, 3.63) is 42.2 Å². The quantitative estimate of drug-likeness (QED) is 0.850. The Hall–Kier alpha value is -1.81. The van der Waals surface area contributed by atoms with Crippen molar-refractivity contribution in [3.8, 4) is 11.5 Å². The van der Waals surface area contributed by atoms with Crippen LogP contribution < -0.4 is 10.1 Å². The number of aryl methyl sites for hydroxylation is 1. The Labute approximate surface area is 108 Å². The van der Waals surface area contributed by atoms with Crippen molar-refractivity contribution < 1.29 is 4.74 Å². The fourth-order valence-electron chi connectivity index (χ4n) is 1.76. The van der Waals surface area contributed by atoms with E-state index in [4.69, 9.17) is 4.74 Å². The zero-order valence-corrected chi connectivity index (χ0v) is 10.9. The van der Waals surface area contributed by atoms with Crippen molar-refractivity contribution in [3.63, 3.8) is 0 Å². The number of aromatic nitrogens is 2. The second kappa shape index (κ2) is 6.21. The highest BCUT2D eigenvalue weighted by Gasteiger charge is 2.01. The van der Waals surface area contributed by atoms with Gasteiger partial charge in [-0.05, 0) is 31.2 Å². The highest BCUT2D eigenvalue weighted by molar-refractivity contribution is 5.31.